The maximum atomic E-state index is 10.8. The zero-order chi connectivity index (χ0) is 13.9. The second-order valence-electron chi connectivity index (χ2n) is 4.76. The van der Waals surface area contributed by atoms with Gasteiger partial charge in [0.25, 0.3) is 0 Å². The maximum Gasteiger partial charge on any atom is 0.186 e. The van der Waals surface area contributed by atoms with Crippen molar-refractivity contribution >= 4 is 23.0 Å². The predicted octanol–water partition coefficient (Wildman–Crippen LogP) is 5.10. The standard InChI is InChI=1S/C17H24OS/c1-3-4-5-6-8-16-10-12-17(13-11-16)9-7-14-19-15(2)18/h7,9-13H,3-6,8,14H2,1-2H3. The number of carbonyl (C=O) groups is 1. The monoisotopic (exact) mass is 276 g/mol. The van der Waals surface area contributed by atoms with E-state index in [9.17, 15) is 4.79 Å². The first-order valence-electron chi connectivity index (χ1n) is 7.11. The minimum atomic E-state index is 0.173. The van der Waals surface area contributed by atoms with Gasteiger partial charge in [0.15, 0.2) is 5.12 Å². The number of benzene rings is 1. The van der Waals surface area contributed by atoms with Crippen LogP contribution in [0.4, 0.5) is 0 Å². The highest BCUT2D eigenvalue weighted by Gasteiger charge is 1.94. The Balaban J connectivity index is 2.32. The van der Waals surface area contributed by atoms with Crippen molar-refractivity contribution < 1.29 is 4.79 Å². The van der Waals surface area contributed by atoms with E-state index in [0.29, 0.717) is 0 Å². The van der Waals surface area contributed by atoms with Gasteiger partial charge in [-0.3, -0.25) is 4.79 Å². The Morgan fingerprint density at radius 1 is 1.16 bits per heavy atom. The smallest absolute Gasteiger partial charge is 0.186 e. The van der Waals surface area contributed by atoms with Crippen molar-refractivity contribution in [3.63, 3.8) is 0 Å². The minimum Gasteiger partial charge on any atom is -0.288 e. The first kappa shape index (κ1) is 16.0. The molecule has 1 nitrogen and oxygen atoms in total. The molecule has 0 amide bonds. The topological polar surface area (TPSA) is 17.1 Å². The molecule has 0 aromatic heterocycles. The van der Waals surface area contributed by atoms with Crippen molar-refractivity contribution in [1.29, 1.82) is 0 Å². The molecule has 0 spiro atoms. The number of unbranched alkanes of at least 4 members (excludes halogenated alkanes) is 3. The number of aryl methyl sites for hydroxylation is 1. The first-order chi connectivity index (χ1) is 9.22. The highest BCUT2D eigenvalue weighted by Crippen LogP contribution is 2.11. The Morgan fingerprint density at radius 3 is 2.53 bits per heavy atom. The Kier molecular flexibility index (Phi) is 8.31. The van der Waals surface area contributed by atoms with E-state index >= 15 is 0 Å². The molecule has 0 aliphatic carbocycles. The fourth-order valence-electron chi connectivity index (χ4n) is 1.90. The van der Waals surface area contributed by atoms with Crippen molar-refractivity contribution in [2.75, 3.05) is 5.75 Å². The van der Waals surface area contributed by atoms with Crippen LogP contribution in [0.15, 0.2) is 30.3 Å². The minimum absolute atomic E-state index is 0.173. The molecule has 0 saturated heterocycles. The van der Waals surface area contributed by atoms with E-state index in [2.05, 4.69) is 37.3 Å². The first-order valence-corrected chi connectivity index (χ1v) is 8.09. The average molecular weight is 276 g/mol. The number of hydrogen-bond acceptors (Lipinski definition) is 2. The van der Waals surface area contributed by atoms with Gasteiger partial charge in [-0.1, -0.05) is 74.4 Å². The lowest BCUT2D eigenvalue weighted by Gasteiger charge is -2.02. The van der Waals surface area contributed by atoms with Crippen molar-refractivity contribution in [2.24, 2.45) is 0 Å². The van der Waals surface area contributed by atoms with Gasteiger partial charge in [0.2, 0.25) is 0 Å². The van der Waals surface area contributed by atoms with E-state index in [1.165, 1.54) is 55.0 Å². The molecule has 0 fully saturated rings. The van der Waals surface area contributed by atoms with Gasteiger partial charge < -0.3 is 0 Å². The van der Waals surface area contributed by atoms with Crippen LogP contribution in [0.3, 0.4) is 0 Å². The number of thioether (sulfide) groups is 1. The van der Waals surface area contributed by atoms with Gasteiger partial charge in [0.05, 0.1) is 0 Å². The van der Waals surface area contributed by atoms with Crippen LogP contribution in [0, 0.1) is 0 Å². The number of rotatable bonds is 8. The van der Waals surface area contributed by atoms with Crippen molar-refractivity contribution in [3.8, 4) is 0 Å². The highest BCUT2D eigenvalue weighted by atomic mass is 32.2. The maximum absolute atomic E-state index is 10.8. The molecule has 1 rings (SSSR count). The predicted molar refractivity (Wildman–Crippen MR) is 86.5 cm³/mol. The Morgan fingerprint density at radius 2 is 1.89 bits per heavy atom. The van der Waals surface area contributed by atoms with Gasteiger partial charge in [-0.05, 0) is 24.0 Å². The second-order valence-corrected chi connectivity index (χ2v) is 5.95. The molecule has 0 aliphatic heterocycles. The summed E-state index contributed by atoms with van der Waals surface area (Å²) >= 11 is 1.34. The zero-order valence-corrected chi connectivity index (χ0v) is 12.8. The Hall–Kier alpha value is -1.02. The second kappa shape index (κ2) is 9.85. The molecule has 1 aromatic carbocycles. The lowest BCUT2D eigenvalue weighted by molar-refractivity contribution is -0.109. The van der Waals surface area contributed by atoms with Crippen molar-refractivity contribution in [3.05, 3.63) is 41.5 Å². The van der Waals surface area contributed by atoms with E-state index in [4.69, 9.17) is 0 Å². The molecule has 0 N–H and O–H groups in total. The van der Waals surface area contributed by atoms with Crippen LogP contribution in [-0.2, 0) is 11.2 Å². The van der Waals surface area contributed by atoms with Gasteiger partial charge in [-0.15, -0.1) is 0 Å². The molecule has 0 unspecified atom stereocenters. The quantitative estimate of drug-likeness (QED) is 0.614. The normalized spacial score (nSPS) is 11.1. The van der Waals surface area contributed by atoms with Crippen LogP contribution in [-0.4, -0.2) is 10.9 Å². The molecule has 1 aromatic rings. The molecule has 0 atom stereocenters. The van der Waals surface area contributed by atoms with E-state index in [0.717, 1.165) is 5.75 Å². The van der Waals surface area contributed by atoms with Crippen molar-refractivity contribution in [1.82, 2.24) is 0 Å². The molecule has 0 saturated carbocycles. The summed E-state index contributed by atoms with van der Waals surface area (Å²) in [6.07, 6.45) is 10.6. The summed E-state index contributed by atoms with van der Waals surface area (Å²) in [5.74, 6) is 0.758. The summed E-state index contributed by atoms with van der Waals surface area (Å²) < 4.78 is 0. The lowest BCUT2D eigenvalue weighted by Crippen LogP contribution is -1.86. The van der Waals surface area contributed by atoms with Gasteiger partial charge in [-0.25, -0.2) is 0 Å². The van der Waals surface area contributed by atoms with Gasteiger partial charge in [-0.2, -0.15) is 0 Å². The number of hydrogen-bond donors (Lipinski definition) is 0. The third-order valence-electron chi connectivity index (χ3n) is 2.99. The molecule has 0 aliphatic rings. The summed E-state index contributed by atoms with van der Waals surface area (Å²) in [6.45, 7) is 3.84. The molecule has 0 bridgehead atoms. The van der Waals surface area contributed by atoms with Crippen LogP contribution < -0.4 is 0 Å². The molecular formula is C17H24OS. The Labute approximate surface area is 121 Å². The van der Waals surface area contributed by atoms with E-state index in [1.807, 2.05) is 6.08 Å². The van der Waals surface area contributed by atoms with Gasteiger partial charge in [0, 0.05) is 12.7 Å². The highest BCUT2D eigenvalue weighted by molar-refractivity contribution is 8.13. The fraction of sp³-hybridized carbons (Fsp3) is 0.471. The third-order valence-corrected chi connectivity index (χ3v) is 3.76. The lowest BCUT2D eigenvalue weighted by atomic mass is 10.0. The summed E-state index contributed by atoms with van der Waals surface area (Å²) in [5.41, 5.74) is 2.63. The van der Waals surface area contributed by atoms with Crippen molar-refractivity contribution in [2.45, 2.75) is 46.0 Å². The van der Waals surface area contributed by atoms with E-state index < -0.39 is 0 Å². The third kappa shape index (κ3) is 7.89. The van der Waals surface area contributed by atoms with E-state index in [1.54, 1.807) is 6.92 Å². The van der Waals surface area contributed by atoms with Crippen LogP contribution in [0.1, 0.15) is 50.7 Å². The van der Waals surface area contributed by atoms with Crippen LogP contribution >= 0.6 is 11.8 Å². The summed E-state index contributed by atoms with van der Waals surface area (Å²) in [4.78, 5) is 10.8. The molecule has 104 valence electrons. The summed E-state index contributed by atoms with van der Waals surface area (Å²) in [5, 5.41) is 0.173. The average Bonchev–Trinajstić information content (AvgIpc) is 2.41. The fourth-order valence-corrected chi connectivity index (χ4v) is 2.33. The van der Waals surface area contributed by atoms with Crippen LogP contribution in [0.25, 0.3) is 6.08 Å². The van der Waals surface area contributed by atoms with Gasteiger partial charge >= 0.3 is 0 Å². The molecule has 0 heterocycles. The molecule has 2 heteroatoms. The summed E-state index contributed by atoms with van der Waals surface area (Å²) in [7, 11) is 0. The van der Waals surface area contributed by atoms with E-state index in [-0.39, 0.29) is 5.12 Å². The largest absolute Gasteiger partial charge is 0.288 e. The summed E-state index contributed by atoms with van der Waals surface area (Å²) in [6, 6.07) is 8.74. The molecular weight excluding hydrogens is 252 g/mol. The molecule has 0 radical (unpaired) electrons. The molecule has 19 heavy (non-hydrogen) atoms. The number of carbonyl (C=O) groups excluding carboxylic acids is 1. The van der Waals surface area contributed by atoms with Crippen LogP contribution in [0.2, 0.25) is 0 Å². The zero-order valence-electron chi connectivity index (χ0n) is 12.0. The van der Waals surface area contributed by atoms with Crippen LogP contribution in [0.5, 0.6) is 0 Å². The SMILES string of the molecule is CCCCCCc1ccc(C=CCSC(C)=O)cc1. The Bertz CT molecular complexity index is 392. The van der Waals surface area contributed by atoms with Gasteiger partial charge in [0.1, 0.15) is 0 Å².